The molecule has 0 amide bonds. The SMILES string of the molecule is Cc1cc[c]([V])c(C)c1C. The van der Waals surface area contributed by atoms with Crippen LogP contribution in [0, 0.1) is 20.8 Å². The fourth-order valence-corrected chi connectivity index (χ4v) is 1.32. The second kappa shape index (κ2) is 2.81. The van der Waals surface area contributed by atoms with Gasteiger partial charge in [0.05, 0.1) is 0 Å². The summed E-state index contributed by atoms with van der Waals surface area (Å²) in [6.07, 6.45) is 0. The topological polar surface area (TPSA) is 0 Å². The predicted octanol–water partition coefficient (Wildman–Crippen LogP) is 1.78. The van der Waals surface area contributed by atoms with Gasteiger partial charge in [-0.3, -0.25) is 0 Å². The molecule has 0 unspecified atom stereocenters. The van der Waals surface area contributed by atoms with Crippen LogP contribution in [0.5, 0.6) is 0 Å². The molecule has 0 spiro atoms. The molecule has 0 aromatic heterocycles. The Labute approximate surface area is 71.6 Å². The third kappa shape index (κ3) is 1.28. The molecular formula is C9H11V. The molecule has 0 saturated carbocycles. The Morgan fingerprint density at radius 1 is 1.00 bits per heavy atom. The van der Waals surface area contributed by atoms with Crippen LogP contribution in [0.25, 0.3) is 0 Å². The van der Waals surface area contributed by atoms with Crippen LogP contribution in [0.1, 0.15) is 16.7 Å². The average Bonchev–Trinajstić information content (AvgIpc) is 1.93. The summed E-state index contributed by atoms with van der Waals surface area (Å²) >= 11 is 2.60. The molecular weight excluding hydrogens is 159 g/mol. The minimum atomic E-state index is 1.33. The number of benzene rings is 1. The first-order chi connectivity index (χ1) is 4.63. The van der Waals surface area contributed by atoms with E-state index in [1.165, 1.54) is 21.0 Å². The van der Waals surface area contributed by atoms with Crippen molar-refractivity contribution in [3.63, 3.8) is 0 Å². The van der Waals surface area contributed by atoms with E-state index in [1.807, 2.05) is 0 Å². The van der Waals surface area contributed by atoms with E-state index in [9.17, 15) is 0 Å². The third-order valence-corrected chi connectivity index (χ3v) is 2.79. The molecule has 1 aromatic rings. The number of hydrogen-bond acceptors (Lipinski definition) is 0. The summed E-state index contributed by atoms with van der Waals surface area (Å²) < 4.78 is 1.33. The standard InChI is InChI=1S/C9H11.V/c1-7-5-4-6-8(2)9(7)3;/h4-5H,1-3H3;. The zero-order valence-corrected chi connectivity index (χ0v) is 8.00. The summed E-state index contributed by atoms with van der Waals surface area (Å²) in [5.74, 6) is 0. The molecule has 10 heavy (non-hydrogen) atoms. The molecule has 0 bridgehead atoms. The third-order valence-electron chi connectivity index (χ3n) is 2.03. The zero-order chi connectivity index (χ0) is 7.72. The Balaban J connectivity index is 3.34. The van der Waals surface area contributed by atoms with Crippen LogP contribution in [0.15, 0.2) is 12.1 Å². The summed E-state index contributed by atoms with van der Waals surface area (Å²) in [7, 11) is 0. The summed E-state index contributed by atoms with van der Waals surface area (Å²) in [6.45, 7) is 6.48. The second-order valence-electron chi connectivity index (χ2n) is 2.65. The van der Waals surface area contributed by atoms with Crippen molar-refractivity contribution < 1.29 is 17.4 Å². The van der Waals surface area contributed by atoms with Crippen LogP contribution in [0.4, 0.5) is 0 Å². The minimum absolute atomic E-state index is 1.33. The van der Waals surface area contributed by atoms with E-state index in [4.69, 9.17) is 0 Å². The van der Waals surface area contributed by atoms with Crippen molar-refractivity contribution in [1.82, 2.24) is 0 Å². The molecule has 0 fully saturated rings. The molecule has 1 rings (SSSR count). The fourth-order valence-electron chi connectivity index (χ4n) is 0.942. The molecule has 0 atom stereocenters. The predicted molar refractivity (Wildman–Crippen MR) is 40.3 cm³/mol. The van der Waals surface area contributed by atoms with Crippen molar-refractivity contribution in [2.45, 2.75) is 20.8 Å². The normalized spacial score (nSPS) is 9.90. The molecule has 1 aromatic carbocycles. The van der Waals surface area contributed by atoms with Gasteiger partial charge in [-0.05, 0) is 0 Å². The van der Waals surface area contributed by atoms with Crippen molar-refractivity contribution in [3.05, 3.63) is 28.8 Å². The first-order valence-electron chi connectivity index (χ1n) is 3.38. The molecule has 0 heterocycles. The zero-order valence-electron chi connectivity index (χ0n) is 6.60. The van der Waals surface area contributed by atoms with Crippen LogP contribution in [-0.2, 0) is 17.4 Å². The van der Waals surface area contributed by atoms with Gasteiger partial charge in [0.15, 0.2) is 0 Å². The van der Waals surface area contributed by atoms with Crippen LogP contribution in [-0.4, -0.2) is 0 Å². The van der Waals surface area contributed by atoms with Gasteiger partial charge in [0.2, 0.25) is 0 Å². The molecule has 0 N–H and O–H groups in total. The van der Waals surface area contributed by atoms with Crippen LogP contribution >= 0.6 is 0 Å². The van der Waals surface area contributed by atoms with E-state index >= 15 is 0 Å². The molecule has 0 nitrogen and oxygen atoms in total. The van der Waals surface area contributed by atoms with Gasteiger partial charge in [-0.15, -0.1) is 0 Å². The van der Waals surface area contributed by atoms with E-state index in [1.54, 1.807) is 0 Å². The van der Waals surface area contributed by atoms with Gasteiger partial charge >= 0.3 is 71.3 Å². The Hall–Kier alpha value is -0.196. The van der Waals surface area contributed by atoms with Crippen molar-refractivity contribution in [3.8, 4) is 0 Å². The van der Waals surface area contributed by atoms with E-state index in [-0.39, 0.29) is 0 Å². The van der Waals surface area contributed by atoms with Gasteiger partial charge in [-0.2, -0.15) is 0 Å². The van der Waals surface area contributed by atoms with Crippen molar-refractivity contribution in [2.75, 3.05) is 0 Å². The van der Waals surface area contributed by atoms with E-state index < -0.39 is 0 Å². The average molecular weight is 170 g/mol. The van der Waals surface area contributed by atoms with E-state index in [0.29, 0.717) is 0 Å². The van der Waals surface area contributed by atoms with Gasteiger partial charge in [-0.1, -0.05) is 0 Å². The van der Waals surface area contributed by atoms with E-state index in [2.05, 4.69) is 50.3 Å². The quantitative estimate of drug-likeness (QED) is 0.556. The molecule has 0 aliphatic carbocycles. The maximum atomic E-state index is 2.60. The molecule has 0 aliphatic heterocycles. The molecule has 1 heteroatoms. The van der Waals surface area contributed by atoms with Crippen molar-refractivity contribution in [2.24, 2.45) is 0 Å². The van der Waals surface area contributed by atoms with Gasteiger partial charge in [0, 0.05) is 0 Å². The van der Waals surface area contributed by atoms with E-state index in [0.717, 1.165) is 0 Å². The first kappa shape index (κ1) is 7.91. The van der Waals surface area contributed by atoms with Gasteiger partial charge in [0.25, 0.3) is 0 Å². The maximum absolute atomic E-state index is 2.60. The van der Waals surface area contributed by atoms with Crippen molar-refractivity contribution in [1.29, 1.82) is 0 Å². The van der Waals surface area contributed by atoms with Crippen LogP contribution in [0.2, 0.25) is 0 Å². The molecule has 0 radical (unpaired) electrons. The number of hydrogen-bond donors (Lipinski definition) is 0. The first-order valence-corrected chi connectivity index (χ1v) is 4.08. The van der Waals surface area contributed by atoms with Crippen molar-refractivity contribution >= 4 is 4.28 Å². The van der Waals surface area contributed by atoms with Gasteiger partial charge < -0.3 is 0 Å². The molecule has 52 valence electrons. The number of rotatable bonds is 0. The van der Waals surface area contributed by atoms with Gasteiger partial charge in [-0.25, -0.2) is 0 Å². The summed E-state index contributed by atoms with van der Waals surface area (Å²) in [5.41, 5.74) is 4.20. The Kier molecular flexibility index (Phi) is 2.22. The Morgan fingerprint density at radius 2 is 1.60 bits per heavy atom. The monoisotopic (exact) mass is 170 g/mol. The van der Waals surface area contributed by atoms with Crippen LogP contribution < -0.4 is 4.28 Å². The van der Waals surface area contributed by atoms with Crippen LogP contribution in [0.3, 0.4) is 0 Å². The molecule has 0 aliphatic rings. The Morgan fingerprint density at radius 3 is 2.10 bits per heavy atom. The summed E-state index contributed by atoms with van der Waals surface area (Å²) in [6, 6.07) is 4.31. The Bertz CT molecular complexity index is 224. The molecule has 0 saturated heterocycles. The fraction of sp³-hybridized carbons (Fsp3) is 0.333. The summed E-state index contributed by atoms with van der Waals surface area (Å²) in [4.78, 5) is 0. The summed E-state index contributed by atoms with van der Waals surface area (Å²) in [5, 5.41) is 0. The van der Waals surface area contributed by atoms with Gasteiger partial charge in [0.1, 0.15) is 0 Å². The second-order valence-corrected chi connectivity index (χ2v) is 3.40. The number of aryl methyl sites for hydroxylation is 1.